The number of rotatable bonds is 7. The van der Waals surface area contributed by atoms with Crippen molar-refractivity contribution < 1.29 is 9.32 Å². The molecule has 2 aromatic heterocycles. The Bertz CT molecular complexity index is 616. The topological polar surface area (TPSA) is 73.0 Å². The van der Waals surface area contributed by atoms with Gasteiger partial charge in [-0.15, -0.1) is 11.8 Å². The molecule has 0 aliphatic heterocycles. The number of hydrogen-bond acceptors (Lipinski definition) is 5. The molecule has 6 nitrogen and oxygen atoms in total. The molecule has 120 valence electrons. The second kappa shape index (κ2) is 7.49. The largest absolute Gasteiger partial charge is 0.361 e. The smallest absolute Gasteiger partial charge is 0.235 e. The minimum absolute atomic E-state index is 0.0261. The molecule has 7 heteroatoms. The van der Waals surface area contributed by atoms with E-state index in [9.17, 15) is 4.79 Å². The van der Waals surface area contributed by atoms with Gasteiger partial charge in [0.2, 0.25) is 5.91 Å². The van der Waals surface area contributed by atoms with Crippen molar-refractivity contribution in [2.45, 2.75) is 45.9 Å². The summed E-state index contributed by atoms with van der Waals surface area (Å²) in [7, 11) is 0. The van der Waals surface area contributed by atoms with E-state index in [1.54, 1.807) is 18.0 Å². The first-order valence-electron chi connectivity index (χ1n) is 7.35. The fourth-order valence-electron chi connectivity index (χ4n) is 2.07. The summed E-state index contributed by atoms with van der Waals surface area (Å²) in [6, 6.07) is 2.09. The van der Waals surface area contributed by atoms with Gasteiger partial charge in [-0.1, -0.05) is 12.1 Å². The Kier molecular flexibility index (Phi) is 5.65. The van der Waals surface area contributed by atoms with Crippen LogP contribution in [0.3, 0.4) is 0 Å². The number of aryl methyl sites for hydroxylation is 2. The van der Waals surface area contributed by atoms with Gasteiger partial charge in [0.1, 0.15) is 11.6 Å². The Balaban J connectivity index is 1.85. The molecule has 22 heavy (non-hydrogen) atoms. The maximum Gasteiger partial charge on any atom is 0.235 e. The van der Waals surface area contributed by atoms with E-state index in [-0.39, 0.29) is 11.9 Å². The quantitative estimate of drug-likeness (QED) is 0.846. The van der Waals surface area contributed by atoms with Crippen molar-refractivity contribution >= 4 is 23.5 Å². The van der Waals surface area contributed by atoms with Gasteiger partial charge in [-0.25, -0.2) is 4.68 Å². The van der Waals surface area contributed by atoms with Crippen LogP contribution in [-0.2, 0) is 10.5 Å². The summed E-state index contributed by atoms with van der Waals surface area (Å²) in [6.07, 6.45) is 2.67. The van der Waals surface area contributed by atoms with E-state index >= 15 is 0 Å². The minimum atomic E-state index is -0.0261. The van der Waals surface area contributed by atoms with Crippen LogP contribution in [0.25, 0.3) is 0 Å². The van der Waals surface area contributed by atoms with Crippen molar-refractivity contribution in [2.24, 2.45) is 0 Å². The van der Waals surface area contributed by atoms with Gasteiger partial charge in [0.25, 0.3) is 0 Å². The van der Waals surface area contributed by atoms with E-state index in [4.69, 9.17) is 4.52 Å². The summed E-state index contributed by atoms with van der Waals surface area (Å²) in [4.78, 5) is 12.1. The van der Waals surface area contributed by atoms with Crippen LogP contribution in [-0.4, -0.2) is 26.6 Å². The molecule has 0 saturated heterocycles. The van der Waals surface area contributed by atoms with E-state index in [2.05, 4.69) is 29.4 Å². The molecule has 0 aromatic carbocycles. The highest BCUT2D eigenvalue weighted by molar-refractivity contribution is 7.99. The molecular formula is C15H22N4O2S. The first-order chi connectivity index (χ1) is 10.5. The lowest BCUT2D eigenvalue weighted by atomic mass is 10.2. The summed E-state index contributed by atoms with van der Waals surface area (Å²) in [5.74, 6) is 2.65. The van der Waals surface area contributed by atoms with Gasteiger partial charge in [0.05, 0.1) is 23.7 Å². The number of aromatic nitrogens is 3. The zero-order valence-corrected chi connectivity index (χ0v) is 14.2. The number of amides is 1. The predicted octanol–water partition coefficient (Wildman–Crippen LogP) is 3.33. The number of carbonyl (C=O) groups excluding carboxylic acids is 1. The molecular weight excluding hydrogens is 300 g/mol. The molecule has 2 aromatic rings. The minimum Gasteiger partial charge on any atom is -0.361 e. The van der Waals surface area contributed by atoms with Crippen molar-refractivity contribution in [3.63, 3.8) is 0 Å². The van der Waals surface area contributed by atoms with Crippen LogP contribution in [0, 0.1) is 13.8 Å². The summed E-state index contributed by atoms with van der Waals surface area (Å²) < 4.78 is 6.96. The number of thioether (sulfide) groups is 1. The fraction of sp³-hybridized carbons (Fsp3) is 0.533. The van der Waals surface area contributed by atoms with Gasteiger partial charge in [0, 0.05) is 17.4 Å². The zero-order chi connectivity index (χ0) is 16.1. The van der Waals surface area contributed by atoms with Gasteiger partial charge in [-0.05, 0) is 27.2 Å². The lowest BCUT2D eigenvalue weighted by Gasteiger charge is -2.14. The number of nitrogens with zero attached hydrogens (tertiary/aromatic N) is 3. The van der Waals surface area contributed by atoms with E-state index in [0.717, 1.165) is 35.0 Å². The third-order valence-electron chi connectivity index (χ3n) is 3.61. The monoisotopic (exact) mass is 322 g/mol. The van der Waals surface area contributed by atoms with Crippen LogP contribution >= 0.6 is 11.8 Å². The van der Waals surface area contributed by atoms with Gasteiger partial charge in [-0.2, -0.15) is 5.10 Å². The Labute approximate surface area is 134 Å². The average Bonchev–Trinajstić information content (AvgIpc) is 3.07. The summed E-state index contributed by atoms with van der Waals surface area (Å²) in [5, 5.41) is 11.1. The molecule has 0 fully saturated rings. The first-order valence-corrected chi connectivity index (χ1v) is 8.51. The van der Waals surface area contributed by atoms with E-state index < -0.39 is 0 Å². The van der Waals surface area contributed by atoms with E-state index in [1.165, 1.54) is 0 Å². The number of carbonyl (C=O) groups is 1. The molecule has 0 aliphatic carbocycles. The standard InChI is InChI=1S/C15H22N4O2S/c1-5-10(2)19-14(6-7-16-19)17-15(20)9-22-8-13-11(3)18-21-12(13)4/h6-7,10H,5,8-9H2,1-4H3,(H,17,20). The molecule has 0 aliphatic rings. The molecule has 0 saturated carbocycles. The molecule has 1 atom stereocenters. The van der Waals surface area contributed by atoms with E-state index in [0.29, 0.717) is 5.75 Å². The average molecular weight is 322 g/mol. The molecule has 2 heterocycles. The molecule has 1 N–H and O–H groups in total. The second-order valence-electron chi connectivity index (χ2n) is 5.26. The van der Waals surface area contributed by atoms with Crippen LogP contribution < -0.4 is 5.32 Å². The van der Waals surface area contributed by atoms with Crippen LogP contribution in [0.2, 0.25) is 0 Å². The third-order valence-corrected chi connectivity index (χ3v) is 4.57. The van der Waals surface area contributed by atoms with Crippen LogP contribution in [0.5, 0.6) is 0 Å². The van der Waals surface area contributed by atoms with Crippen molar-refractivity contribution in [3.05, 3.63) is 29.3 Å². The molecule has 0 bridgehead atoms. The van der Waals surface area contributed by atoms with Crippen LogP contribution in [0.15, 0.2) is 16.8 Å². The first kappa shape index (κ1) is 16.6. The Hall–Kier alpha value is -1.76. The van der Waals surface area contributed by atoms with E-state index in [1.807, 2.05) is 24.6 Å². The maximum absolute atomic E-state index is 12.1. The second-order valence-corrected chi connectivity index (χ2v) is 6.25. The fourth-order valence-corrected chi connectivity index (χ4v) is 3.05. The summed E-state index contributed by atoms with van der Waals surface area (Å²) >= 11 is 1.55. The Morgan fingerprint density at radius 1 is 1.50 bits per heavy atom. The highest BCUT2D eigenvalue weighted by Crippen LogP contribution is 2.20. The van der Waals surface area contributed by atoms with Gasteiger partial charge in [-0.3, -0.25) is 4.79 Å². The number of anilines is 1. The van der Waals surface area contributed by atoms with Crippen molar-refractivity contribution in [1.82, 2.24) is 14.9 Å². The van der Waals surface area contributed by atoms with Gasteiger partial charge in [0.15, 0.2) is 0 Å². The maximum atomic E-state index is 12.1. The Morgan fingerprint density at radius 2 is 2.27 bits per heavy atom. The molecule has 2 rings (SSSR count). The van der Waals surface area contributed by atoms with Crippen molar-refractivity contribution in [2.75, 3.05) is 11.1 Å². The van der Waals surface area contributed by atoms with Gasteiger partial charge < -0.3 is 9.84 Å². The molecule has 0 radical (unpaired) electrons. The molecule has 1 unspecified atom stereocenters. The third kappa shape index (κ3) is 3.91. The number of hydrogen-bond donors (Lipinski definition) is 1. The van der Waals surface area contributed by atoms with Crippen molar-refractivity contribution in [1.29, 1.82) is 0 Å². The summed E-state index contributed by atoms with van der Waals surface area (Å²) in [5.41, 5.74) is 1.96. The highest BCUT2D eigenvalue weighted by atomic mass is 32.2. The van der Waals surface area contributed by atoms with Gasteiger partial charge >= 0.3 is 0 Å². The van der Waals surface area contributed by atoms with Crippen LogP contribution in [0.1, 0.15) is 43.3 Å². The van der Waals surface area contributed by atoms with Crippen LogP contribution in [0.4, 0.5) is 5.82 Å². The lowest BCUT2D eigenvalue weighted by Crippen LogP contribution is -2.19. The number of nitrogens with one attached hydrogen (secondary N) is 1. The lowest BCUT2D eigenvalue weighted by molar-refractivity contribution is -0.113. The zero-order valence-electron chi connectivity index (χ0n) is 13.4. The van der Waals surface area contributed by atoms with Crippen molar-refractivity contribution in [3.8, 4) is 0 Å². The summed E-state index contributed by atoms with van der Waals surface area (Å²) in [6.45, 7) is 7.98. The normalized spacial score (nSPS) is 12.4. The Morgan fingerprint density at radius 3 is 2.91 bits per heavy atom. The highest BCUT2D eigenvalue weighted by Gasteiger charge is 2.13. The predicted molar refractivity (Wildman–Crippen MR) is 88.0 cm³/mol. The molecule has 1 amide bonds. The SMILES string of the molecule is CCC(C)n1nccc1NC(=O)CSCc1c(C)noc1C. The molecule has 0 spiro atoms.